The smallest absolute Gasteiger partial charge is 0.224 e. The maximum atomic E-state index is 11.7. The summed E-state index contributed by atoms with van der Waals surface area (Å²) in [4.78, 5) is 28.5. The third-order valence-electron chi connectivity index (χ3n) is 3.16. The minimum absolute atomic E-state index is 0.0599. The molecule has 0 spiro atoms. The van der Waals surface area contributed by atoms with Crippen LogP contribution in [0, 0.1) is 0 Å². The van der Waals surface area contributed by atoms with E-state index in [-0.39, 0.29) is 5.91 Å². The second kappa shape index (κ2) is 4.35. The SMILES string of the molecule is CC(=O)N1CCOc2ccc3ccc(C=O)nc3c21. The Morgan fingerprint density at radius 3 is 2.89 bits per heavy atom. The Morgan fingerprint density at radius 2 is 2.16 bits per heavy atom. The molecule has 3 rings (SSSR count). The maximum Gasteiger partial charge on any atom is 0.224 e. The van der Waals surface area contributed by atoms with Gasteiger partial charge in [-0.1, -0.05) is 6.07 Å². The van der Waals surface area contributed by atoms with Crippen molar-refractivity contribution in [2.75, 3.05) is 18.1 Å². The predicted octanol–water partition coefficient (Wildman–Crippen LogP) is 1.79. The molecule has 2 aromatic rings. The van der Waals surface area contributed by atoms with Crippen molar-refractivity contribution in [2.45, 2.75) is 6.92 Å². The lowest BCUT2D eigenvalue weighted by atomic mass is 10.1. The van der Waals surface area contributed by atoms with Crippen molar-refractivity contribution >= 4 is 28.8 Å². The number of ether oxygens (including phenoxy) is 1. The number of nitrogens with zero attached hydrogens (tertiary/aromatic N) is 2. The quantitative estimate of drug-likeness (QED) is 0.730. The molecule has 1 aromatic carbocycles. The molecule has 0 aliphatic carbocycles. The summed E-state index contributed by atoms with van der Waals surface area (Å²) in [6.07, 6.45) is 0.695. The molecule has 2 heterocycles. The molecule has 0 fully saturated rings. The van der Waals surface area contributed by atoms with E-state index in [2.05, 4.69) is 4.98 Å². The zero-order chi connectivity index (χ0) is 13.4. The molecule has 5 nitrogen and oxygen atoms in total. The molecule has 1 aliphatic rings. The summed E-state index contributed by atoms with van der Waals surface area (Å²) in [7, 11) is 0. The Hall–Kier alpha value is -2.43. The number of hydrogen-bond acceptors (Lipinski definition) is 4. The molecule has 0 radical (unpaired) electrons. The lowest BCUT2D eigenvalue weighted by Crippen LogP contribution is -2.36. The Labute approximate surface area is 109 Å². The number of amides is 1. The van der Waals surface area contributed by atoms with E-state index in [0.29, 0.717) is 42.1 Å². The lowest BCUT2D eigenvalue weighted by Gasteiger charge is -2.29. The van der Waals surface area contributed by atoms with Gasteiger partial charge in [0.2, 0.25) is 5.91 Å². The van der Waals surface area contributed by atoms with E-state index in [4.69, 9.17) is 4.74 Å². The van der Waals surface area contributed by atoms with Gasteiger partial charge in [-0.15, -0.1) is 0 Å². The number of anilines is 1. The van der Waals surface area contributed by atoms with Crippen LogP contribution in [-0.2, 0) is 4.79 Å². The van der Waals surface area contributed by atoms with Gasteiger partial charge in [-0.3, -0.25) is 9.59 Å². The van der Waals surface area contributed by atoms with Crippen LogP contribution in [0.3, 0.4) is 0 Å². The predicted molar refractivity (Wildman–Crippen MR) is 70.7 cm³/mol. The molecule has 5 heteroatoms. The van der Waals surface area contributed by atoms with Crippen LogP contribution in [0.15, 0.2) is 24.3 Å². The largest absolute Gasteiger partial charge is 0.489 e. The van der Waals surface area contributed by atoms with Gasteiger partial charge in [-0.2, -0.15) is 0 Å². The fourth-order valence-electron chi connectivity index (χ4n) is 2.29. The van der Waals surface area contributed by atoms with E-state index >= 15 is 0 Å². The molecule has 1 aromatic heterocycles. The Bertz CT molecular complexity index is 682. The molecular formula is C14H12N2O3. The standard InChI is InChI=1S/C14H12N2O3/c1-9(18)16-6-7-19-12-5-3-10-2-4-11(8-17)15-13(10)14(12)16/h2-5,8H,6-7H2,1H3. The van der Waals surface area contributed by atoms with Gasteiger partial charge < -0.3 is 9.64 Å². The second-order valence-corrected chi connectivity index (χ2v) is 4.36. The number of carbonyl (C=O) groups excluding carboxylic acids is 2. The van der Waals surface area contributed by atoms with Crippen LogP contribution < -0.4 is 9.64 Å². The molecule has 0 unspecified atom stereocenters. The second-order valence-electron chi connectivity index (χ2n) is 4.36. The normalized spacial score (nSPS) is 13.8. The van der Waals surface area contributed by atoms with Crippen LogP contribution >= 0.6 is 0 Å². The zero-order valence-corrected chi connectivity index (χ0v) is 10.4. The van der Waals surface area contributed by atoms with Gasteiger partial charge in [0.05, 0.1) is 12.1 Å². The van der Waals surface area contributed by atoms with Gasteiger partial charge in [-0.05, 0) is 18.2 Å². The van der Waals surface area contributed by atoms with Crippen molar-refractivity contribution in [1.82, 2.24) is 4.98 Å². The molecule has 96 valence electrons. The summed E-state index contributed by atoms with van der Waals surface area (Å²) in [6.45, 7) is 2.47. The minimum atomic E-state index is -0.0599. The number of benzene rings is 1. The highest BCUT2D eigenvalue weighted by molar-refractivity contribution is 6.04. The van der Waals surface area contributed by atoms with E-state index in [1.807, 2.05) is 18.2 Å². The summed E-state index contributed by atoms with van der Waals surface area (Å²) in [5.74, 6) is 0.569. The summed E-state index contributed by atoms with van der Waals surface area (Å²) < 4.78 is 5.56. The average molecular weight is 256 g/mol. The molecule has 1 aliphatic heterocycles. The van der Waals surface area contributed by atoms with Crippen LogP contribution in [0.2, 0.25) is 0 Å². The monoisotopic (exact) mass is 256 g/mol. The van der Waals surface area contributed by atoms with Crippen molar-refractivity contribution in [3.05, 3.63) is 30.0 Å². The third kappa shape index (κ3) is 1.83. The number of hydrogen-bond donors (Lipinski definition) is 0. The molecule has 1 amide bonds. The Morgan fingerprint density at radius 1 is 1.37 bits per heavy atom. The first-order valence-electron chi connectivity index (χ1n) is 6.00. The van der Waals surface area contributed by atoms with E-state index in [1.54, 1.807) is 11.0 Å². The summed E-state index contributed by atoms with van der Waals surface area (Å²) in [6, 6.07) is 7.18. The Kier molecular flexibility index (Phi) is 2.67. The lowest BCUT2D eigenvalue weighted by molar-refractivity contribution is -0.116. The van der Waals surface area contributed by atoms with Crippen molar-refractivity contribution in [2.24, 2.45) is 0 Å². The Balaban J connectivity index is 2.32. The van der Waals surface area contributed by atoms with E-state index in [1.165, 1.54) is 6.92 Å². The number of carbonyl (C=O) groups is 2. The number of pyridine rings is 1. The summed E-state index contributed by atoms with van der Waals surface area (Å²) >= 11 is 0. The van der Waals surface area contributed by atoms with Gasteiger partial charge in [-0.25, -0.2) is 4.98 Å². The summed E-state index contributed by atoms with van der Waals surface area (Å²) in [5, 5.41) is 0.876. The highest BCUT2D eigenvalue weighted by Gasteiger charge is 2.24. The summed E-state index contributed by atoms with van der Waals surface area (Å²) in [5.41, 5.74) is 1.62. The van der Waals surface area contributed by atoms with Crippen LogP contribution in [-0.4, -0.2) is 30.3 Å². The zero-order valence-electron chi connectivity index (χ0n) is 10.4. The highest BCUT2D eigenvalue weighted by atomic mass is 16.5. The third-order valence-corrected chi connectivity index (χ3v) is 3.16. The maximum absolute atomic E-state index is 11.7. The highest BCUT2D eigenvalue weighted by Crippen LogP contribution is 2.37. The molecule has 0 saturated heterocycles. The number of rotatable bonds is 1. The fourth-order valence-corrected chi connectivity index (χ4v) is 2.29. The van der Waals surface area contributed by atoms with Crippen molar-refractivity contribution in [3.8, 4) is 5.75 Å². The molecule has 19 heavy (non-hydrogen) atoms. The van der Waals surface area contributed by atoms with Crippen LogP contribution in [0.1, 0.15) is 17.4 Å². The molecule has 0 atom stereocenters. The number of aldehydes is 1. The van der Waals surface area contributed by atoms with Gasteiger partial charge in [0.15, 0.2) is 6.29 Å². The van der Waals surface area contributed by atoms with Gasteiger partial charge in [0.25, 0.3) is 0 Å². The molecule has 0 bridgehead atoms. The van der Waals surface area contributed by atoms with Gasteiger partial charge in [0.1, 0.15) is 23.7 Å². The minimum Gasteiger partial charge on any atom is -0.489 e. The van der Waals surface area contributed by atoms with E-state index < -0.39 is 0 Å². The number of fused-ring (bicyclic) bond motifs is 3. The van der Waals surface area contributed by atoms with E-state index in [9.17, 15) is 9.59 Å². The van der Waals surface area contributed by atoms with Crippen molar-refractivity contribution < 1.29 is 14.3 Å². The molecular weight excluding hydrogens is 244 g/mol. The first kappa shape index (κ1) is 11.6. The topological polar surface area (TPSA) is 59.5 Å². The fraction of sp³-hybridized carbons (Fsp3) is 0.214. The van der Waals surface area contributed by atoms with Gasteiger partial charge >= 0.3 is 0 Å². The molecule has 0 N–H and O–H groups in total. The van der Waals surface area contributed by atoms with E-state index in [0.717, 1.165) is 5.39 Å². The van der Waals surface area contributed by atoms with Crippen molar-refractivity contribution in [3.63, 3.8) is 0 Å². The average Bonchev–Trinajstić information content (AvgIpc) is 2.45. The van der Waals surface area contributed by atoms with Crippen molar-refractivity contribution in [1.29, 1.82) is 0 Å². The van der Waals surface area contributed by atoms with Gasteiger partial charge in [0, 0.05) is 12.3 Å². The van der Waals surface area contributed by atoms with Crippen LogP contribution in [0.4, 0.5) is 5.69 Å². The molecule has 0 saturated carbocycles. The first-order valence-corrected chi connectivity index (χ1v) is 6.00. The van der Waals surface area contributed by atoms with Crippen LogP contribution in [0.5, 0.6) is 5.75 Å². The van der Waals surface area contributed by atoms with Crippen LogP contribution in [0.25, 0.3) is 10.9 Å². The number of aromatic nitrogens is 1. The first-order chi connectivity index (χ1) is 9.20.